The van der Waals surface area contributed by atoms with Gasteiger partial charge in [-0.3, -0.25) is 19.6 Å². The molecule has 4 N–H and O–H groups in total. The number of carbonyl (C=O) groups is 4. The summed E-state index contributed by atoms with van der Waals surface area (Å²) in [5, 5.41) is 15.9. The molecule has 13 nitrogen and oxygen atoms in total. The van der Waals surface area contributed by atoms with Crippen molar-refractivity contribution in [3.63, 3.8) is 0 Å². The summed E-state index contributed by atoms with van der Waals surface area (Å²) in [7, 11) is 0. The number of nitrogens with zero attached hydrogens (tertiary/aromatic N) is 2. The first-order chi connectivity index (χ1) is 31.0. The van der Waals surface area contributed by atoms with Gasteiger partial charge < -0.3 is 35.4 Å². The standard InChI is InChI=1S/C26H23ClN2O4.C24H19ClN2O4.Li.H2O/c1-2-32-26(31)19-7-3-6-18(11-19)20-12-21-13-22(33-25(21)23(27)14-20)16-29-24(30)9-8-17-5-4-10-28-15-17;25-21-12-18(16-4-1-5-17(9-16)24(29)30)10-19-11-20(31-23(19)21)14-27-22(28)7-6-15-3-2-8-26-13-15;;/h3-12,14-15,22H,2,13,16H2,1H3,(H,29,30);1-10,12-13,20H,11,14H2,(H,27,28)(H,29,30);;1H2/q;;+1;/p-1/b9-8+;7-6+;;. The summed E-state index contributed by atoms with van der Waals surface area (Å²) < 4.78 is 17.0. The molecule has 2 amide bonds. The molecule has 0 aliphatic carbocycles. The Hall–Kier alpha value is -6.72. The fourth-order valence-corrected chi connectivity index (χ4v) is 7.61. The van der Waals surface area contributed by atoms with Crippen molar-refractivity contribution in [1.82, 2.24) is 20.6 Å². The van der Waals surface area contributed by atoms with Crippen molar-refractivity contribution in [2.24, 2.45) is 0 Å². The zero-order valence-electron chi connectivity index (χ0n) is 35.9. The molecular formula is C50H43Cl2LiN4O9. The van der Waals surface area contributed by atoms with Gasteiger partial charge in [-0.25, -0.2) is 9.59 Å². The summed E-state index contributed by atoms with van der Waals surface area (Å²) in [6.07, 6.45) is 13.8. The summed E-state index contributed by atoms with van der Waals surface area (Å²) in [5.41, 5.74) is 7.61. The fraction of sp³-hybridized carbons (Fsp3) is 0.160. The molecule has 0 bridgehead atoms. The molecule has 0 saturated heterocycles. The van der Waals surface area contributed by atoms with Crippen LogP contribution in [0.25, 0.3) is 34.4 Å². The number of hydrogen-bond donors (Lipinski definition) is 3. The Kier molecular flexibility index (Phi) is 18.3. The second kappa shape index (κ2) is 24.0. The number of carbonyl (C=O) groups excluding carboxylic acids is 3. The summed E-state index contributed by atoms with van der Waals surface area (Å²) in [4.78, 5) is 55.6. The van der Waals surface area contributed by atoms with E-state index >= 15 is 0 Å². The van der Waals surface area contributed by atoms with Gasteiger partial charge in [0, 0.05) is 60.9 Å². The van der Waals surface area contributed by atoms with Gasteiger partial charge in [-0.1, -0.05) is 59.6 Å². The van der Waals surface area contributed by atoms with E-state index in [0.29, 0.717) is 59.6 Å². The van der Waals surface area contributed by atoms with Gasteiger partial charge in [0.25, 0.3) is 0 Å². The molecule has 2 aliphatic rings. The fourth-order valence-electron chi connectivity index (χ4n) is 7.05. The molecule has 66 heavy (non-hydrogen) atoms. The molecule has 8 rings (SSSR count). The molecule has 0 radical (unpaired) electrons. The van der Waals surface area contributed by atoms with Gasteiger partial charge >= 0.3 is 30.8 Å². The molecule has 0 fully saturated rings. The number of aromatic carboxylic acids is 1. The van der Waals surface area contributed by atoms with Gasteiger partial charge in [-0.2, -0.15) is 0 Å². The number of carboxylic acid groups (broad SMARTS) is 1. The predicted molar refractivity (Wildman–Crippen MR) is 247 cm³/mol. The van der Waals surface area contributed by atoms with Crippen LogP contribution in [0.5, 0.6) is 11.5 Å². The van der Waals surface area contributed by atoms with Gasteiger partial charge in [-0.15, -0.1) is 0 Å². The number of amides is 2. The Labute approximate surface area is 403 Å². The van der Waals surface area contributed by atoms with Crippen LogP contribution in [0.2, 0.25) is 10.0 Å². The molecule has 0 spiro atoms. The van der Waals surface area contributed by atoms with Crippen molar-refractivity contribution in [2.45, 2.75) is 32.0 Å². The largest absolute Gasteiger partial charge is 1.00 e. The summed E-state index contributed by atoms with van der Waals surface area (Å²) in [6.45, 7) is 2.79. The minimum Gasteiger partial charge on any atom is -0.870 e. The van der Waals surface area contributed by atoms with E-state index in [4.69, 9.17) is 37.4 Å². The van der Waals surface area contributed by atoms with Crippen LogP contribution in [0, 0.1) is 0 Å². The monoisotopic (exact) mass is 920 g/mol. The van der Waals surface area contributed by atoms with E-state index in [1.165, 1.54) is 12.2 Å². The smallest absolute Gasteiger partial charge is 0.870 e. The van der Waals surface area contributed by atoms with Crippen LogP contribution < -0.4 is 39.0 Å². The molecular weight excluding hydrogens is 878 g/mol. The molecule has 6 aromatic rings. The molecule has 0 saturated carbocycles. The number of esters is 1. The first-order valence-corrected chi connectivity index (χ1v) is 21.1. The average Bonchev–Trinajstić information content (AvgIpc) is 3.95. The summed E-state index contributed by atoms with van der Waals surface area (Å²) in [6, 6.07) is 28.8. The van der Waals surface area contributed by atoms with Gasteiger partial charge in [0.15, 0.2) is 0 Å². The first kappa shape index (κ1) is 50.3. The maximum absolute atomic E-state index is 12.1. The van der Waals surface area contributed by atoms with Gasteiger partial charge in [0.1, 0.15) is 23.7 Å². The number of benzene rings is 4. The molecule has 2 aliphatic heterocycles. The Bertz CT molecular complexity index is 2740. The number of nitrogens with one attached hydrogen (secondary N) is 2. The second-order valence-corrected chi connectivity index (χ2v) is 15.5. The van der Waals surface area contributed by atoms with Crippen LogP contribution in [0.1, 0.15) is 49.9 Å². The van der Waals surface area contributed by atoms with Crippen molar-refractivity contribution in [3.05, 3.63) is 177 Å². The Morgan fingerprint density at radius 1 is 0.682 bits per heavy atom. The van der Waals surface area contributed by atoms with Crippen molar-refractivity contribution < 1.29 is 62.8 Å². The SMILES string of the molecule is CCOC(=O)c1cccc(-c2cc(Cl)c3c(c2)CC(CNC(=O)/C=C/c2cccnc2)O3)c1.O=C(/C=C/c1cccnc1)NCC1Cc2cc(-c3cccc(C(=O)O)c3)cc(Cl)c2O1.[Li+].[OH-]. The van der Waals surface area contributed by atoms with E-state index in [1.54, 1.807) is 86.3 Å². The van der Waals surface area contributed by atoms with Crippen molar-refractivity contribution in [1.29, 1.82) is 0 Å². The number of pyridine rings is 2. The Balaban J connectivity index is 0.000000241. The topological polar surface area (TPSA) is 196 Å². The number of aromatic nitrogens is 2. The summed E-state index contributed by atoms with van der Waals surface area (Å²) in [5.74, 6) is -0.534. The van der Waals surface area contributed by atoms with Crippen LogP contribution >= 0.6 is 23.2 Å². The zero-order chi connectivity index (χ0) is 45.0. The molecule has 2 unspecified atom stereocenters. The van der Waals surface area contributed by atoms with E-state index in [-0.39, 0.29) is 59.9 Å². The van der Waals surface area contributed by atoms with Crippen molar-refractivity contribution >= 4 is 59.1 Å². The number of fused-ring (bicyclic) bond motifs is 2. The molecule has 332 valence electrons. The van der Waals surface area contributed by atoms with E-state index in [1.807, 2.05) is 54.6 Å². The molecule has 4 aromatic carbocycles. The zero-order valence-corrected chi connectivity index (χ0v) is 37.5. The van der Waals surface area contributed by atoms with Crippen LogP contribution in [-0.2, 0) is 27.2 Å². The average molecular weight is 922 g/mol. The number of hydrogen-bond acceptors (Lipinski definition) is 10. The second-order valence-electron chi connectivity index (χ2n) is 14.7. The quantitative estimate of drug-likeness (QED) is 0.0723. The van der Waals surface area contributed by atoms with Gasteiger partial charge in [0.2, 0.25) is 11.8 Å². The van der Waals surface area contributed by atoms with Crippen LogP contribution in [-0.4, -0.2) is 76.2 Å². The van der Waals surface area contributed by atoms with Crippen LogP contribution in [0.4, 0.5) is 0 Å². The van der Waals surface area contributed by atoms with Crippen LogP contribution in [0.15, 0.2) is 134 Å². The molecule has 16 heteroatoms. The number of rotatable bonds is 13. The minimum atomic E-state index is -0.981. The van der Waals surface area contributed by atoms with Gasteiger partial charge in [-0.05, 0) is 113 Å². The minimum absolute atomic E-state index is 0. The van der Waals surface area contributed by atoms with Crippen molar-refractivity contribution in [3.8, 4) is 33.8 Å². The van der Waals surface area contributed by atoms with E-state index < -0.39 is 5.97 Å². The number of carboxylic acids is 1. The Morgan fingerprint density at radius 3 is 1.59 bits per heavy atom. The number of halogens is 2. The first-order valence-electron chi connectivity index (χ1n) is 20.3. The third-order valence-corrected chi connectivity index (χ3v) is 10.6. The van der Waals surface area contributed by atoms with E-state index in [0.717, 1.165) is 44.5 Å². The third-order valence-electron chi connectivity index (χ3n) is 10.1. The normalized spacial score (nSPS) is 14.2. The molecule has 2 aromatic heterocycles. The Morgan fingerprint density at radius 2 is 1.15 bits per heavy atom. The van der Waals surface area contributed by atoms with Gasteiger partial charge in [0.05, 0.1) is 40.9 Å². The van der Waals surface area contributed by atoms with Crippen LogP contribution in [0.3, 0.4) is 0 Å². The maximum atomic E-state index is 12.1. The summed E-state index contributed by atoms with van der Waals surface area (Å²) >= 11 is 12.9. The van der Waals surface area contributed by atoms with E-state index in [2.05, 4.69) is 20.6 Å². The van der Waals surface area contributed by atoms with E-state index in [9.17, 15) is 24.3 Å². The molecule has 2 atom stereocenters. The molecule has 4 heterocycles. The third kappa shape index (κ3) is 13.4. The maximum Gasteiger partial charge on any atom is 1.00 e. The predicted octanol–water partition coefficient (Wildman–Crippen LogP) is 5.77. The number of ether oxygens (including phenoxy) is 3. The van der Waals surface area contributed by atoms with Crippen molar-refractivity contribution in [2.75, 3.05) is 19.7 Å².